The fraction of sp³-hybridized carbons (Fsp3) is 0.286. The maximum absolute atomic E-state index is 11.8. The van der Waals surface area contributed by atoms with E-state index in [1.54, 1.807) is 23.9 Å². The third kappa shape index (κ3) is 4.03. The molecule has 3 N–H and O–H groups in total. The molecule has 0 aliphatic carbocycles. The fourth-order valence-corrected chi connectivity index (χ4v) is 2.79. The van der Waals surface area contributed by atoms with Gasteiger partial charge in [-0.25, -0.2) is 0 Å². The van der Waals surface area contributed by atoms with E-state index >= 15 is 0 Å². The first-order chi connectivity index (χ1) is 9.54. The summed E-state index contributed by atoms with van der Waals surface area (Å²) in [5, 5.41) is 8.17. The molecule has 0 unspecified atom stereocenters. The molecule has 20 heavy (non-hydrogen) atoms. The van der Waals surface area contributed by atoms with Crippen LogP contribution < -0.4 is 11.1 Å². The number of benzene rings is 1. The number of aromatic nitrogens is 2. The monoisotopic (exact) mass is 290 g/mol. The molecule has 2 aromatic rings. The second-order valence-corrected chi connectivity index (χ2v) is 5.63. The molecule has 6 heteroatoms. The predicted molar refractivity (Wildman–Crippen MR) is 82.8 cm³/mol. The van der Waals surface area contributed by atoms with Crippen molar-refractivity contribution in [3.8, 4) is 0 Å². The van der Waals surface area contributed by atoms with Crippen LogP contribution in [-0.4, -0.2) is 21.4 Å². The van der Waals surface area contributed by atoms with Gasteiger partial charge in [-0.05, 0) is 31.2 Å². The predicted octanol–water partition coefficient (Wildman–Crippen LogP) is 2.43. The van der Waals surface area contributed by atoms with Crippen molar-refractivity contribution in [1.82, 2.24) is 9.78 Å². The standard InChI is InChI=1S/C14H18N4OS/c1-10-8-14(18(2)17-10)20-7-6-13(19)16-12-5-3-4-11(15)9-12/h3-5,8-9H,6-7,15H2,1-2H3,(H,16,19). The lowest BCUT2D eigenvalue weighted by Gasteiger charge is -2.06. The third-order valence-electron chi connectivity index (χ3n) is 2.71. The fourth-order valence-electron chi connectivity index (χ4n) is 1.81. The van der Waals surface area contributed by atoms with Crippen molar-refractivity contribution in [3.63, 3.8) is 0 Å². The first-order valence-corrected chi connectivity index (χ1v) is 7.32. The zero-order valence-corrected chi connectivity index (χ0v) is 12.4. The topological polar surface area (TPSA) is 72.9 Å². The summed E-state index contributed by atoms with van der Waals surface area (Å²) >= 11 is 1.62. The number of amides is 1. The Balaban J connectivity index is 1.79. The Labute approximate surface area is 122 Å². The summed E-state index contributed by atoms with van der Waals surface area (Å²) in [6, 6.07) is 9.19. The quantitative estimate of drug-likeness (QED) is 0.655. The average molecular weight is 290 g/mol. The van der Waals surface area contributed by atoms with Crippen LogP contribution in [0, 0.1) is 6.92 Å². The first-order valence-electron chi connectivity index (χ1n) is 6.33. The van der Waals surface area contributed by atoms with Crippen LogP contribution in [0.5, 0.6) is 0 Å². The van der Waals surface area contributed by atoms with Crippen molar-refractivity contribution in [3.05, 3.63) is 36.0 Å². The van der Waals surface area contributed by atoms with E-state index in [1.165, 1.54) is 0 Å². The van der Waals surface area contributed by atoms with Gasteiger partial charge in [0.2, 0.25) is 5.91 Å². The van der Waals surface area contributed by atoms with Gasteiger partial charge in [-0.15, -0.1) is 11.8 Å². The van der Waals surface area contributed by atoms with Crippen molar-refractivity contribution in [2.24, 2.45) is 7.05 Å². The molecule has 0 saturated carbocycles. The Hall–Kier alpha value is -1.95. The molecule has 0 saturated heterocycles. The van der Waals surface area contributed by atoms with Gasteiger partial charge in [0.05, 0.1) is 10.7 Å². The molecule has 0 aliphatic rings. The number of nitrogens with one attached hydrogen (secondary N) is 1. The third-order valence-corrected chi connectivity index (χ3v) is 3.79. The van der Waals surface area contributed by atoms with E-state index in [9.17, 15) is 4.79 Å². The summed E-state index contributed by atoms with van der Waals surface area (Å²) in [5.74, 6) is 0.703. The highest BCUT2D eigenvalue weighted by Crippen LogP contribution is 2.19. The van der Waals surface area contributed by atoms with Gasteiger partial charge >= 0.3 is 0 Å². The molecule has 1 amide bonds. The molecule has 0 spiro atoms. The normalized spacial score (nSPS) is 10.5. The molecule has 1 aromatic heterocycles. The van der Waals surface area contributed by atoms with E-state index in [0.717, 1.165) is 16.4 Å². The van der Waals surface area contributed by atoms with Crippen molar-refractivity contribution < 1.29 is 4.79 Å². The summed E-state index contributed by atoms with van der Waals surface area (Å²) in [5.41, 5.74) is 8.02. The Morgan fingerprint density at radius 1 is 1.45 bits per heavy atom. The molecule has 0 bridgehead atoms. The van der Waals surface area contributed by atoms with E-state index in [4.69, 9.17) is 5.73 Å². The summed E-state index contributed by atoms with van der Waals surface area (Å²) in [7, 11) is 1.90. The second-order valence-electron chi connectivity index (χ2n) is 4.52. The molecular weight excluding hydrogens is 272 g/mol. The first kappa shape index (κ1) is 14.5. The van der Waals surface area contributed by atoms with Gasteiger partial charge in [-0.1, -0.05) is 6.07 Å². The number of nitrogens with zero attached hydrogens (tertiary/aromatic N) is 2. The van der Waals surface area contributed by atoms with Gasteiger partial charge in [0.25, 0.3) is 0 Å². The molecule has 1 aromatic carbocycles. The summed E-state index contributed by atoms with van der Waals surface area (Å²) in [6.07, 6.45) is 0.448. The second kappa shape index (κ2) is 6.47. The van der Waals surface area contributed by atoms with Crippen molar-refractivity contribution in [1.29, 1.82) is 0 Å². The van der Waals surface area contributed by atoms with Crippen LogP contribution >= 0.6 is 11.8 Å². The van der Waals surface area contributed by atoms with E-state index in [2.05, 4.69) is 10.4 Å². The molecule has 106 valence electrons. The van der Waals surface area contributed by atoms with Gasteiger partial charge in [0.1, 0.15) is 0 Å². The highest BCUT2D eigenvalue weighted by molar-refractivity contribution is 7.99. The lowest BCUT2D eigenvalue weighted by atomic mass is 10.3. The Bertz CT molecular complexity index is 609. The number of hydrogen-bond acceptors (Lipinski definition) is 4. The van der Waals surface area contributed by atoms with Crippen LogP contribution in [0.4, 0.5) is 11.4 Å². The Morgan fingerprint density at radius 2 is 2.25 bits per heavy atom. The molecule has 1 heterocycles. The SMILES string of the molecule is Cc1cc(SCCC(=O)Nc2cccc(N)c2)n(C)n1. The summed E-state index contributed by atoms with van der Waals surface area (Å²) in [4.78, 5) is 11.8. The number of nitrogens with two attached hydrogens (primary N) is 1. The van der Waals surface area contributed by atoms with Crippen molar-refractivity contribution >= 4 is 29.0 Å². The largest absolute Gasteiger partial charge is 0.399 e. The van der Waals surface area contributed by atoms with Crippen molar-refractivity contribution in [2.75, 3.05) is 16.8 Å². The molecular formula is C14H18N4OS. The van der Waals surface area contributed by atoms with E-state index < -0.39 is 0 Å². The van der Waals surface area contributed by atoms with Gasteiger partial charge in [0.15, 0.2) is 0 Å². The minimum Gasteiger partial charge on any atom is -0.399 e. The maximum Gasteiger partial charge on any atom is 0.225 e. The lowest BCUT2D eigenvalue weighted by Crippen LogP contribution is -2.12. The van der Waals surface area contributed by atoms with Gasteiger partial charge < -0.3 is 11.1 Å². The van der Waals surface area contributed by atoms with Crippen LogP contribution in [-0.2, 0) is 11.8 Å². The average Bonchev–Trinajstić information content (AvgIpc) is 2.68. The number of carbonyl (C=O) groups excluding carboxylic acids is 1. The number of rotatable bonds is 5. The summed E-state index contributed by atoms with van der Waals surface area (Å²) in [6.45, 7) is 1.95. The Morgan fingerprint density at radius 3 is 2.90 bits per heavy atom. The molecule has 2 rings (SSSR count). The van der Waals surface area contributed by atoms with Gasteiger partial charge in [-0.2, -0.15) is 5.10 Å². The number of thioether (sulfide) groups is 1. The molecule has 5 nitrogen and oxygen atoms in total. The van der Waals surface area contributed by atoms with Crippen molar-refractivity contribution in [2.45, 2.75) is 18.4 Å². The zero-order chi connectivity index (χ0) is 14.5. The van der Waals surface area contributed by atoms with E-state index in [1.807, 2.05) is 36.9 Å². The molecule has 0 atom stereocenters. The number of hydrogen-bond donors (Lipinski definition) is 2. The summed E-state index contributed by atoms with van der Waals surface area (Å²) < 4.78 is 1.83. The number of aryl methyl sites for hydroxylation is 2. The van der Waals surface area contributed by atoms with Gasteiger partial charge in [-0.3, -0.25) is 9.48 Å². The minimum atomic E-state index is -0.0120. The van der Waals surface area contributed by atoms with Crippen LogP contribution in [0.25, 0.3) is 0 Å². The maximum atomic E-state index is 11.8. The number of nitrogen functional groups attached to an aromatic ring is 1. The molecule has 0 radical (unpaired) electrons. The lowest BCUT2D eigenvalue weighted by molar-refractivity contribution is -0.115. The van der Waals surface area contributed by atoms with E-state index in [-0.39, 0.29) is 5.91 Å². The van der Waals surface area contributed by atoms with E-state index in [0.29, 0.717) is 17.9 Å². The van der Waals surface area contributed by atoms with Crippen LogP contribution in [0.2, 0.25) is 0 Å². The minimum absolute atomic E-state index is 0.0120. The molecule has 0 aliphatic heterocycles. The van der Waals surface area contributed by atoms with Crippen LogP contribution in [0.3, 0.4) is 0 Å². The zero-order valence-electron chi connectivity index (χ0n) is 11.6. The van der Waals surface area contributed by atoms with Crippen LogP contribution in [0.1, 0.15) is 12.1 Å². The number of carbonyl (C=O) groups is 1. The highest BCUT2D eigenvalue weighted by atomic mass is 32.2. The smallest absolute Gasteiger partial charge is 0.225 e. The molecule has 0 fully saturated rings. The number of anilines is 2. The van der Waals surface area contributed by atoms with Crippen LogP contribution in [0.15, 0.2) is 35.4 Å². The highest BCUT2D eigenvalue weighted by Gasteiger charge is 2.06. The Kier molecular flexibility index (Phi) is 4.68. The van der Waals surface area contributed by atoms with Gasteiger partial charge in [0, 0.05) is 30.6 Å².